The molecule has 10 heteroatoms. The molecule has 10 nitrogen and oxygen atoms in total. The van der Waals surface area contributed by atoms with Crippen molar-refractivity contribution in [1.82, 2.24) is 19.8 Å². The standard InChI is InChI=1S/2C18H20N2O3.C2H6/c2*1-2-16-18(19-7-1)23-17(13-22-16)15-5-3-14(4-6-15)12-20-8-10-21-11-9-20;1-2/h2*1-7,17H,8-13H2;1-2H3. The topological polar surface area (TPSA) is 87.6 Å². The number of pyridine rings is 2. The molecule has 0 saturated carbocycles. The van der Waals surface area contributed by atoms with E-state index in [0.717, 1.165) is 76.8 Å². The van der Waals surface area contributed by atoms with Gasteiger partial charge in [-0.05, 0) is 46.5 Å². The second-order valence-corrected chi connectivity index (χ2v) is 11.7. The molecule has 4 aliphatic rings. The van der Waals surface area contributed by atoms with Gasteiger partial charge >= 0.3 is 0 Å². The lowest BCUT2D eigenvalue weighted by molar-refractivity contribution is 0.0341. The van der Waals surface area contributed by atoms with Crippen molar-refractivity contribution in [3.63, 3.8) is 0 Å². The summed E-state index contributed by atoms with van der Waals surface area (Å²) in [6.07, 6.45) is 3.23. The first kappa shape index (κ1) is 33.7. The zero-order chi connectivity index (χ0) is 33.0. The van der Waals surface area contributed by atoms with Gasteiger partial charge < -0.3 is 28.4 Å². The summed E-state index contributed by atoms with van der Waals surface area (Å²) >= 11 is 0. The number of hydrogen-bond donors (Lipinski definition) is 0. The van der Waals surface area contributed by atoms with Crippen LogP contribution >= 0.6 is 0 Å². The quantitative estimate of drug-likeness (QED) is 0.251. The maximum Gasteiger partial charge on any atom is 0.257 e. The van der Waals surface area contributed by atoms with E-state index in [9.17, 15) is 0 Å². The number of hydrogen-bond acceptors (Lipinski definition) is 10. The summed E-state index contributed by atoms with van der Waals surface area (Å²) in [5.74, 6) is 2.57. The van der Waals surface area contributed by atoms with Gasteiger partial charge in [-0.2, -0.15) is 0 Å². The number of fused-ring (bicyclic) bond motifs is 2. The summed E-state index contributed by atoms with van der Waals surface area (Å²) in [6, 6.07) is 24.6. The Hall–Kier alpha value is -4.22. The Labute approximate surface area is 283 Å². The van der Waals surface area contributed by atoms with Crippen LogP contribution in [0.3, 0.4) is 0 Å². The number of rotatable bonds is 6. The molecule has 2 unspecified atom stereocenters. The van der Waals surface area contributed by atoms with Crippen molar-refractivity contribution in [1.29, 1.82) is 0 Å². The van der Waals surface area contributed by atoms with Crippen molar-refractivity contribution in [2.45, 2.75) is 39.1 Å². The molecule has 2 saturated heterocycles. The molecule has 0 N–H and O–H groups in total. The third kappa shape index (κ3) is 9.02. The minimum absolute atomic E-state index is 0.102. The van der Waals surface area contributed by atoms with E-state index in [0.29, 0.717) is 36.5 Å². The maximum absolute atomic E-state index is 5.94. The van der Waals surface area contributed by atoms with Gasteiger partial charge in [-0.15, -0.1) is 0 Å². The molecule has 48 heavy (non-hydrogen) atoms. The first-order valence-electron chi connectivity index (χ1n) is 17.0. The molecule has 2 aromatic heterocycles. The number of aromatic nitrogens is 2. The monoisotopic (exact) mass is 654 g/mol. The first-order chi connectivity index (χ1) is 23.8. The SMILES string of the molecule is CC.c1cnc2c(c1)OCC(c1ccc(CN3CCOCC3)cc1)O2.c1cnc2c(c1)OCC(c1ccc(CN3CCOCC3)cc1)O2. The molecular weight excluding hydrogens is 608 g/mol. The lowest BCUT2D eigenvalue weighted by atomic mass is 10.1. The van der Waals surface area contributed by atoms with Gasteiger partial charge in [0.1, 0.15) is 13.2 Å². The van der Waals surface area contributed by atoms with E-state index < -0.39 is 0 Å². The predicted molar refractivity (Wildman–Crippen MR) is 183 cm³/mol. The van der Waals surface area contributed by atoms with Gasteiger partial charge in [0.05, 0.1) is 26.4 Å². The summed E-state index contributed by atoms with van der Waals surface area (Å²) in [4.78, 5) is 13.3. The van der Waals surface area contributed by atoms with E-state index in [-0.39, 0.29) is 12.2 Å². The minimum Gasteiger partial charge on any atom is -0.484 e. The van der Waals surface area contributed by atoms with Gasteiger partial charge in [-0.25, -0.2) is 9.97 Å². The van der Waals surface area contributed by atoms with Crippen LogP contribution in [0.1, 0.15) is 48.3 Å². The minimum atomic E-state index is -0.102. The fraction of sp³-hybridized carbons (Fsp3) is 0.421. The van der Waals surface area contributed by atoms with Gasteiger partial charge in [-0.1, -0.05) is 62.4 Å². The van der Waals surface area contributed by atoms with Crippen LogP contribution < -0.4 is 18.9 Å². The molecule has 0 bridgehead atoms. The maximum atomic E-state index is 5.94. The van der Waals surface area contributed by atoms with Crippen LogP contribution in [0.25, 0.3) is 0 Å². The van der Waals surface area contributed by atoms with E-state index in [4.69, 9.17) is 28.4 Å². The van der Waals surface area contributed by atoms with Crippen molar-refractivity contribution < 1.29 is 28.4 Å². The number of morpholine rings is 2. The van der Waals surface area contributed by atoms with Gasteiger partial charge in [0.25, 0.3) is 11.8 Å². The van der Waals surface area contributed by atoms with Crippen LogP contribution in [-0.4, -0.2) is 85.6 Å². The largest absolute Gasteiger partial charge is 0.484 e. The van der Waals surface area contributed by atoms with Crippen molar-refractivity contribution in [2.24, 2.45) is 0 Å². The van der Waals surface area contributed by atoms with Crippen molar-refractivity contribution in [3.05, 3.63) is 107 Å². The van der Waals surface area contributed by atoms with E-state index >= 15 is 0 Å². The van der Waals surface area contributed by atoms with Crippen LogP contribution in [0.4, 0.5) is 0 Å². The summed E-state index contributed by atoms with van der Waals surface area (Å²) in [6.45, 7) is 14.3. The fourth-order valence-electron chi connectivity index (χ4n) is 5.86. The van der Waals surface area contributed by atoms with Gasteiger partial charge in [0, 0.05) is 51.7 Å². The van der Waals surface area contributed by atoms with Crippen LogP contribution in [0.2, 0.25) is 0 Å². The molecule has 2 fully saturated rings. The highest BCUT2D eigenvalue weighted by molar-refractivity contribution is 5.37. The van der Waals surface area contributed by atoms with Crippen LogP contribution in [-0.2, 0) is 22.6 Å². The summed E-state index contributed by atoms with van der Waals surface area (Å²) < 4.78 is 34.1. The predicted octanol–water partition coefficient (Wildman–Crippen LogP) is 5.88. The average molecular weight is 655 g/mol. The Morgan fingerprint density at radius 3 is 1.35 bits per heavy atom. The lowest BCUT2D eigenvalue weighted by Gasteiger charge is -2.27. The van der Waals surface area contributed by atoms with Crippen LogP contribution in [0, 0.1) is 0 Å². The Morgan fingerprint density at radius 2 is 0.958 bits per heavy atom. The van der Waals surface area contributed by atoms with E-state index in [1.54, 1.807) is 12.4 Å². The molecule has 8 rings (SSSR count). The molecule has 4 aliphatic heterocycles. The molecule has 0 radical (unpaired) electrons. The summed E-state index contributed by atoms with van der Waals surface area (Å²) in [5, 5.41) is 0. The molecular formula is C38H46N4O6. The van der Waals surface area contributed by atoms with Crippen molar-refractivity contribution >= 4 is 0 Å². The van der Waals surface area contributed by atoms with Crippen molar-refractivity contribution in [2.75, 3.05) is 65.8 Å². The molecule has 6 heterocycles. The summed E-state index contributed by atoms with van der Waals surface area (Å²) in [5.41, 5.74) is 4.86. The third-order valence-corrected chi connectivity index (χ3v) is 8.48. The van der Waals surface area contributed by atoms with Crippen LogP contribution in [0.15, 0.2) is 85.2 Å². The molecule has 0 aliphatic carbocycles. The van der Waals surface area contributed by atoms with E-state index in [2.05, 4.69) is 68.3 Å². The van der Waals surface area contributed by atoms with Gasteiger partial charge in [-0.3, -0.25) is 9.80 Å². The molecule has 2 aromatic carbocycles. The lowest BCUT2D eigenvalue weighted by Crippen LogP contribution is -2.35. The average Bonchev–Trinajstić information content (AvgIpc) is 3.17. The Morgan fingerprint density at radius 1 is 0.562 bits per heavy atom. The molecule has 4 aromatic rings. The Balaban J connectivity index is 0.000000159. The second kappa shape index (κ2) is 17.3. The van der Waals surface area contributed by atoms with Crippen LogP contribution in [0.5, 0.6) is 23.3 Å². The van der Waals surface area contributed by atoms with Gasteiger partial charge in [0.2, 0.25) is 0 Å². The van der Waals surface area contributed by atoms with E-state index in [1.807, 2.05) is 38.1 Å². The summed E-state index contributed by atoms with van der Waals surface area (Å²) in [7, 11) is 0. The number of benzene rings is 2. The highest BCUT2D eigenvalue weighted by atomic mass is 16.6. The normalized spacial score (nSPS) is 20.4. The van der Waals surface area contributed by atoms with E-state index in [1.165, 1.54) is 11.1 Å². The second-order valence-electron chi connectivity index (χ2n) is 11.7. The number of ether oxygens (including phenoxy) is 6. The Bertz CT molecular complexity index is 1420. The molecule has 2 atom stereocenters. The van der Waals surface area contributed by atoms with Gasteiger partial charge in [0.15, 0.2) is 23.7 Å². The smallest absolute Gasteiger partial charge is 0.257 e. The first-order valence-corrected chi connectivity index (χ1v) is 17.0. The third-order valence-electron chi connectivity index (χ3n) is 8.48. The molecule has 0 spiro atoms. The fourth-order valence-corrected chi connectivity index (χ4v) is 5.86. The highest BCUT2D eigenvalue weighted by Crippen LogP contribution is 2.35. The molecule has 0 amide bonds. The number of nitrogens with zero attached hydrogens (tertiary/aromatic N) is 4. The zero-order valence-corrected chi connectivity index (χ0v) is 28.0. The highest BCUT2D eigenvalue weighted by Gasteiger charge is 2.24. The zero-order valence-electron chi connectivity index (χ0n) is 28.0. The van der Waals surface area contributed by atoms with Crippen molar-refractivity contribution in [3.8, 4) is 23.3 Å². The molecule has 254 valence electrons. The Kier molecular flexibility index (Phi) is 12.1.